The van der Waals surface area contributed by atoms with Gasteiger partial charge < -0.3 is 4.90 Å². The highest BCUT2D eigenvalue weighted by molar-refractivity contribution is 5.91. The van der Waals surface area contributed by atoms with Crippen LogP contribution in [-0.2, 0) is 4.79 Å². The Bertz CT molecular complexity index is 221. The predicted octanol–water partition coefficient (Wildman–Crippen LogP) is 0.954. The monoisotopic (exact) mass is 182 g/mol. The minimum Gasteiger partial charge on any atom is -0.328 e. The normalized spacial score (nSPS) is 24.8. The molecule has 1 aliphatic carbocycles. The van der Waals surface area contributed by atoms with Gasteiger partial charge in [-0.05, 0) is 25.2 Å². The van der Waals surface area contributed by atoms with E-state index in [1.54, 1.807) is 0 Å². The van der Waals surface area contributed by atoms with Gasteiger partial charge in [0, 0.05) is 6.54 Å². The van der Waals surface area contributed by atoms with Crippen LogP contribution < -0.4 is 5.32 Å². The second-order valence-electron chi connectivity index (χ2n) is 4.67. The summed E-state index contributed by atoms with van der Waals surface area (Å²) in [5.74, 6) is 1.02. The van der Waals surface area contributed by atoms with Crippen molar-refractivity contribution in [2.45, 2.75) is 38.6 Å². The zero-order valence-electron chi connectivity index (χ0n) is 8.47. The number of carbonyl (C=O) groups is 1. The molecule has 0 aromatic rings. The Balaban J connectivity index is 1.85. The molecule has 1 amide bonds. The molecular formula is C10H18N2O. The standard InChI is InChI=1S/C10H18N2O/c1-8(2)3-6-12-7-11-10(4-5-10)9(12)13/h8,11H,3-7H2,1-2H3. The van der Waals surface area contributed by atoms with Crippen LogP contribution in [0.4, 0.5) is 0 Å². The van der Waals surface area contributed by atoms with Crippen LogP contribution in [0.2, 0.25) is 0 Å². The van der Waals surface area contributed by atoms with Crippen LogP contribution in [-0.4, -0.2) is 29.6 Å². The first kappa shape index (κ1) is 9.00. The zero-order valence-corrected chi connectivity index (χ0v) is 8.47. The second-order valence-corrected chi connectivity index (χ2v) is 4.67. The summed E-state index contributed by atoms with van der Waals surface area (Å²) in [4.78, 5) is 13.7. The number of hydrogen-bond donors (Lipinski definition) is 1. The van der Waals surface area contributed by atoms with E-state index in [0.717, 1.165) is 32.5 Å². The van der Waals surface area contributed by atoms with E-state index >= 15 is 0 Å². The highest BCUT2D eigenvalue weighted by atomic mass is 16.2. The van der Waals surface area contributed by atoms with Crippen molar-refractivity contribution in [3.8, 4) is 0 Å². The maximum Gasteiger partial charge on any atom is 0.243 e. The maximum atomic E-state index is 11.8. The average molecular weight is 182 g/mol. The van der Waals surface area contributed by atoms with E-state index in [4.69, 9.17) is 0 Å². The second kappa shape index (κ2) is 2.98. The summed E-state index contributed by atoms with van der Waals surface area (Å²) in [7, 11) is 0. The lowest BCUT2D eigenvalue weighted by Gasteiger charge is -2.16. The number of hydrogen-bond acceptors (Lipinski definition) is 2. The predicted molar refractivity (Wildman–Crippen MR) is 51.1 cm³/mol. The molecule has 3 heteroatoms. The first-order chi connectivity index (χ1) is 6.14. The van der Waals surface area contributed by atoms with Crippen LogP contribution in [0.25, 0.3) is 0 Å². The number of carbonyl (C=O) groups excluding carboxylic acids is 1. The van der Waals surface area contributed by atoms with Crippen LogP contribution in [0.5, 0.6) is 0 Å². The first-order valence-corrected chi connectivity index (χ1v) is 5.18. The third-order valence-corrected chi connectivity index (χ3v) is 3.03. The van der Waals surface area contributed by atoms with Gasteiger partial charge in [0.1, 0.15) is 0 Å². The van der Waals surface area contributed by atoms with Crippen molar-refractivity contribution in [3.63, 3.8) is 0 Å². The number of nitrogens with one attached hydrogen (secondary N) is 1. The van der Waals surface area contributed by atoms with Crippen molar-refractivity contribution in [1.29, 1.82) is 0 Å². The third-order valence-electron chi connectivity index (χ3n) is 3.03. The molecule has 13 heavy (non-hydrogen) atoms. The molecule has 1 heterocycles. The zero-order chi connectivity index (χ0) is 9.47. The maximum absolute atomic E-state index is 11.8. The summed E-state index contributed by atoms with van der Waals surface area (Å²) in [6.07, 6.45) is 3.21. The highest BCUT2D eigenvalue weighted by Crippen LogP contribution is 2.40. The quantitative estimate of drug-likeness (QED) is 0.705. The fourth-order valence-electron chi connectivity index (χ4n) is 1.81. The number of amides is 1. The van der Waals surface area contributed by atoms with Crippen LogP contribution in [0.3, 0.4) is 0 Å². The molecule has 1 aliphatic heterocycles. The average Bonchev–Trinajstić information content (AvgIpc) is 2.77. The Hall–Kier alpha value is -0.570. The van der Waals surface area contributed by atoms with Gasteiger partial charge in [-0.1, -0.05) is 13.8 Å². The SMILES string of the molecule is CC(C)CCN1CNC2(CC2)C1=O. The van der Waals surface area contributed by atoms with Crippen molar-refractivity contribution >= 4 is 5.91 Å². The molecule has 1 saturated carbocycles. The lowest BCUT2D eigenvalue weighted by molar-refractivity contribution is -0.129. The summed E-state index contributed by atoms with van der Waals surface area (Å²) in [5, 5.41) is 3.31. The molecule has 0 radical (unpaired) electrons. The van der Waals surface area contributed by atoms with E-state index in [2.05, 4.69) is 19.2 Å². The molecule has 0 atom stereocenters. The minimum atomic E-state index is -0.100. The van der Waals surface area contributed by atoms with Crippen molar-refractivity contribution in [1.82, 2.24) is 10.2 Å². The first-order valence-electron chi connectivity index (χ1n) is 5.18. The molecule has 2 fully saturated rings. The summed E-state index contributed by atoms with van der Waals surface area (Å²) in [6.45, 7) is 6.08. The molecular weight excluding hydrogens is 164 g/mol. The van der Waals surface area contributed by atoms with E-state index in [0.29, 0.717) is 11.8 Å². The van der Waals surface area contributed by atoms with Gasteiger partial charge in [0.25, 0.3) is 0 Å². The van der Waals surface area contributed by atoms with E-state index in [1.807, 2.05) is 4.90 Å². The van der Waals surface area contributed by atoms with Gasteiger partial charge in [-0.25, -0.2) is 0 Å². The van der Waals surface area contributed by atoms with Gasteiger partial charge in [-0.15, -0.1) is 0 Å². The fourth-order valence-corrected chi connectivity index (χ4v) is 1.81. The Morgan fingerprint density at radius 3 is 2.69 bits per heavy atom. The van der Waals surface area contributed by atoms with Crippen LogP contribution in [0, 0.1) is 5.92 Å². The van der Waals surface area contributed by atoms with Crippen molar-refractivity contribution in [2.75, 3.05) is 13.2 Å². The topological polar surface area (TPSA) is 32.3 Å². The summed E-state index contributed by atoms with van der Waals surface area (Å²) >= 11 is 0. The Morgan fingerprint density at radius 1 is 1.54 bits per heavy atom. The van der Waals surface area contributed by atoms with Crippen molar-refractivity contribution in [3.05, 3.63) is 0 Å². The molecule has 1 spiro atoms. The molecule has 0 aromatic carbocycles. The highest BCUT2D eigenvalue weighted by Gasteiger charge is 2.55. The summed E-state index contributed by atoms with van der Waals surface area (Å²) < 4.78 is 0. The molecule has 0 aromatic heterocycles. The number of nitrogens with zero attached hydrogens (tertiary/aromatic N) is 1. The van der Waals surface area contributed by atoms with Gasteiger partial charge in [0.2, 0.25) is 5.91 Å². The molecule has 1 N–H and O–H groups in total. The number of rotatable bonds is 3. The summed E-state index contributed by atoms with van der Waals surface area (Å²) in [6, 6.07) is 0. The smallest absolute Gasteiger partial charge is 0.243 e. The van der Waals surface area contributed by atoms with Crippen molar-refractivity contribution < 1.29 is 4.79 Å². The Labute approximate surface area is 79.5 Å². The lowest BCUT2D eigenvalue weighted by Crippen LogP contribution is -2.33. The van der Waals surface area contributed by atoms with Crippen molar-refractivity contribution in [2.24, 2.45) is 5.92 Å². The molecule has 2 aliphatic rings. The fraction of sp³-hybridized carbons (Fsp3) is 0.900. The van der Waals surface area contributed by atoms with Gasteiger partial charge in [0.05, 0.1) is 12.2 Å². The molecule has 0 bridgehead atoms. The Kier molecular flexibility index (Phi) is 2.06. The van der Waals surface area contributed by atoms with Gasteiger partial charge in [0.15, 0.2) is 0 Å². The van der Waals surface area contributed by atoms with E-state index < -0.39 is 0 Å². The van der Waals surface area contributed by atoms with Crippen LogP contribution in [0.15, 0.2) is 0 Å². The minimum absolute atomic E-state index is 0.100. The van der Waals surface area contributed by atoms with Gasteiger partial charge in [-0.3, -0.25) is 10.1 Å². The summed E-state index contributed by atoms with van der Waals surface area (Å²) in [5.41, 5.74) is -0.100. The van der Waals surface area contributed by atoms with Crippen LogP contribution in [0.1, 0.15) is 33.1 Å². The van der Waals surface area contributed by atoms with Gasteiger partial charge in [-0.2, -0.15) is 0 Å². The van der Waals surface area contributed by atoms with E-state index in [-0.39, 0.29) is 5.54 Å². The molecule has 2 rings (SSSR count). The molecule has 74 valence electrons. The van der Waals surface area contributed by atoms with E-state index in [9.17, 15) is 4.79 Å². The molecule has 1 saturated heterocycles. The van der Waals surface area contributed by atoms with Gasteiger partial charge >= 0.3 is 0 Å². The molecule has 0 unspecified atom stereocenters. The van der Waals surface area contributed by atoms with E-state index in [1.165, 1.54) is 0 Å². The largest absolute Gasteiger partial charge is 0.328 e. The molecule has 3 nitrogen and oxygen atoms in total. The lowest BCUT2D eigenvalue weighted by atomic mass is 10.1. The van der Waals surface area contributed by atoms with Crippen LogP contribution >= 0.6 is 0 Å². The third kappa shape index (κ3) is 1.57. The Morgan fingerprint density at radius 2 is 2.23 bits per heavy atom.